The number of ether oxygens (including phenoxy) is 6. The standard InChI is InChI=1S/C22H20O7/c1-24-15-6-11-17(21(26-3)20(15)25-2)10-5-14-13(28-8-29-14)4-9(10)16-12-7-27-22(23)19(12)18(11)16/h4-6,12,16,18-19H,7-8H2,1-3H3/t12-,16?,18?,19-/m1/s1. The second-order valence-electron chi connectivity index (χ2n) is 7.77. The summed E-state index contributed by atoms with van der Waals surface area (Å²) < 4.78 is 33.7. The number of rotatable bonds is 3. The van der Waals surface area contributed by atoms with E-state index in [4.69, 9.17) is 28.4 Å². The molecule has 2 unspecified atom stereocenters. The van der Waals surface area contributed by atoms with Crippen molar-refractivity contribution in [2.75, 3.05) is 34.7 Å². The normalized spacial score (nSPS) is 27.1. The third-order valence-electron chi connectivity index (χ3n) is 6.78. The Bertz CT molecular complexity index is 1060. The Balaban J connectivity index is 1.68. The summed E-state index contributed by atoms with van der Waals surface area (Å²) in [5, 5.41) is 0. The van der Waals surface area contributed by atoms with Crippen LogP contribution in [0.3, 0.4) is 0 Å². The van der Waals surface area contributed by atoms with Gasteiger partial charge in [0.2, 0.25) is 12.5 Å². The molecule has 0 amide bonds. The lowest BCUT2D eigenvalue weighted by atomic mass is 9.50. The Kier molecular flexibility index (Phi) is 3.32. The van der Waals surface area contributed by atoms with Crippen molar-refractivity contribution in [1.82, 2.24) is 0 Å². The van der Waals surface area contributed by atoms with Gasteiger partial charge in [-0.1, -0.05) is 0 Å². The number of esters is 1. The average Bonchev–Trinajstić information content (AvgIpc) is 3.30. The first kappa shape index (κ1) is 16.8. The van der Waals surface area contributed by atoms with Gasteiger partial charge in [-0.15, -0.1) is 0 Å². The highest BCUT2D eigenvalue weighted by Gasteiger charge is 2.62. The Labute approximate surface area is 167 Å². The van der Waals surface area contributed by atoms with Gasteiger partial charge in [0.1, 0.15) is 0 Å². The first-order chi connectivity index (χ1) is 14.2. The molecule has 7 nitrogen and oxygen atoms in total. The van der Waals surface area contributed by atoms with Gasteiger partial charge in [-0.3, -0.25) is 4.79 Å². The summed E-state index contributed by atoms with van der Waals surface area (Å²) in [6, 6.07) is 6.03. The molecule has 2 aromatic rings. The summed E-state index contributed by atoms with van der Waals surface area (Å²) in [6.45, 7) is 0.661. The summed E-state index contributed by atoms with van der Waals surface area (Å²) in [6.07, 6.45) is 0. The maximum Gasteiger partial charge on any atom is 0.310 e. The number of methoxy groups -OCH3 is 3. The summed E-state index contributed by atoms with van der Waals surface area (Å²) in [4.78, 5) is 12.5. The van der Waals surface area contributed by atoms with Crippen molar-refractivity contribution in [3.8, 4) is 39.9 Å². The first-order valence-corrected chi connectivity index (χ1v) is 9.61. The van der Waals surface area contributed by atoms with Crippen molar-refractivity contribution >= 4 is 5.97 Å². The third-order valence-corrected chi connectivity index (χ3v) is 6.78. The van der Waals surface area contributed by atoms with Gasteiger partial charge in [0.25, 0.3) is 0 Å². The molecule has 2 aliphatic heterocycles. The summed E-state index contributed by atoms with van der Waals surface area (Å²) in [5.74, 6) is 3.22. The van der Waals surface area contributed by atoms with Gasteiger partial charge in [0.15, 0.2) is 23.0 Å². The molecule has 0 aromatic heterocycles. The van der Waals surface area contributed by atoms with E-state index in [2.05, 4.69) is 0 Å². The van der Waals surface area contributed by atoms with Crippen LogP contribution in [0.25, 0.3) is 11.1 Å². The van der Waals surface area contributed by atoms with Crippen LogP contribution in [0.4, 0.5) is 0 Å². The molecular weight excluding hydrogens is 376 g/mol. The molecule has 29 heavy (non-hydrogen) atoms. The Morgan fingerprint density at radius 3 is 2.31 bits per heavy atom. The van der Waals surface area contributed by atoms with Crippen LogP contribution in [-0.4, -0.2) is 40.7 Å². The third kappa shape index (κ3) is 1.95. The van der Waals surface area contributed by atoms with Crippen molar-refractivity contribution in [1.29, 1.82) is 0 Å². The van der Waals surface area contributed by atoms with E-state index in [9.17, 15) is 4.79 Å². The molecule has 6 rings (SSSR count). The fourth-order valence-corrected chi connectivity index (χ4v) is 5.61. The summed E-state index contributed by atoms with van der Waals surface area (Å²) >= 11 is 0. The Hall–Kier alpha value is -3.09. The van der Waals surface area contributed by atoms with Crippen LogP contribution in [0.5, 0.6) is 28.7 Å². The monoisotopic (exact) mass is 396 g/mol. The van der Waals surface area contributed by atoms with Crippen LogP contribution in [0, 0.1) is 11.8 Å². The fourth-order valence-electron chi connectivity index (χ4n) is 5.61. The zero-order chi connectivity index (χ0) is 19.9. The number of carbonyl (C=O) groups is 1. The minimum atomic E-state index is -0.153. The van der Waals surface area contributed by atoms with Gasteiger partial charge in [0.05, 0.1) is 33.9 Å². The SMILES string of the molecule is COc1cc2c(c(OC)c1OC)-c1cc3c(cc1C1C2[C@@H]2C(=O)OC[C@H]12)OCO3. The van der Waals surface area contributed by atoms with Crippen LogP contribution in [0.1, 0.15) is 23.0 Å². The van der Waals surface area contributed by atoms with E-state index in [-0.39, 0.29) is 36.4 Å². The minimum Gasteiger partial charge on any atom is -0.493 e. The van der Waals surface area contributed by atoms with E-state index >= 15 is 0 Å². The molecule has 4 atom stereocenters. The first-order valence-electron chi connectivity index (χ1n) is 9.61. The van der Waals surface area contributed by atoms with Gasteiger partial charge < -0.3 is 28.4 Å². The van der Waals surface area contributed by atoms with Crippen molar-refractivity contribution < 1.29 is 33.2 Å². The second-order valence-corrected chi connectivity index (χ2v) is 7.77. The molecule has 150 valence electrons. The smallest absolute Gasteiger partial charge is 0.310 e. The van der Waals surface area contributed by atoms with Crippen LogP contribution in [-0.2, 0) is 9.53 Å². The molecular formula is C22H20O7. The van der Waals surface area contributed by atoms with Crippen LogP contribution >= 0.6 is 0 Å². The fraction of sp³-hybridized carbons (Fsp3) is 0.409. The molecule has 1 saturated heterocycles. The van der Waals surface area contributed by atoms with Gasteiger partial charge >= 0.3 is 5.97 Å². The number of fused-ring (bicyclic) bond motifs is 10. The van der Waals surface area contributed by atoms with Gasteiger partial charge in [0, 0.05) is 17.4 Å². The zero-order valence-electron chi connectivity index (χ0n) is 16.3. The molecule has 0 spiro atoms. The maximum atomic E-state index is 12.5. The van der Waals surface area contributed by atoms with E-state index in [0.717, 1.165) is 28.0 Å². The van der Waals surface area contributed by atoms with Crippen molar-refractivity contribution in [3.05, 3.63) is 29.3 Å². The number of benzene rings is 2. The number of hydrogen-bond acceptors (Lipinski definition) is 7. The highest BCUT2D eigenvalue weighted by Crippen LogP contribution is 2.68. The zero-order valence-corrected chi connectivity index (χ0v) is 16.3. The molecule has 2 heterocycles. The molecule has 4 aliphatic rings. The maximum absolute atomic E-state index is 12.5. The van der Waals surface area contributed by atoms with Gasteiger partial charge in [-0.05, 0) is 40.8 Å². The van der Waals surface area contributed by atoms with E-state index in [1.165, 1.54) is 0 Å². The highest BCUT2D eigenvalue weighted by atomic mass is 16.7. The van der Waals surface area contributed by atoms with Crippen LogP contribution in [0.15, 0.2) is 18.2 Å². The molecule has 7 heteroatoms. The summed E-state index contributed by atoms with van der Waals surface area (Å²) in [5.41, 5.74) is 4.09. The van der Waals surface area contributed by atoms with Crippen molar-refractivity contribution in [2.24, 2.45) is 11.8 Å². The van der Waals surface area contributed by atoms with E-state index in [1.54, 1.807) is 21.3 Å². The van der Waals surface area contributed by atoms with Crippen LogP contribution in [0.2, 0.25) is 0 Å². The van der Waals surface area contributed by atoms with Crippen LogP contribution < -0.4 is 23.7 Å². The van der Waals surface area contributed by atoms with E-state index in [0.29, 0.717) is 29.6 Å². The molecule has 1 saturated carbocycles. The Morgan fingerprint density at radius 2 is 1.59 bits per heavy atom. The largest absolute Gasteiger partial charge is 0.493 e. The Morgan fingerprint density at radius 1 is 0.828 bits per heavy atom. The lowest BCUT2D eigenvalue weighted by Crippen LogP contribution is -2.45. The van der Waals surface area contributed by atoms with Crippen molar-refractivity contribution in [2.45, 2.75) is 11.8 Å². The molecule has 0 bridgehead atoms. The lowest BCUT2D eigenvalue weighted by molar-refractivity contribution is -0.143. The van der Waals surface area contributed by atoms with E-state index in [1.807, 2.05) is 18.2 Å². The predicted molar refractivity (Wildman–Crippen MR) is 101 cm³/mol. The predicted octanol–water partition coefficient (Wildman–Crippen LogP) is 3.09. The molecule has 2 aliphatic carbocycles. The minimum absolute atomic E-state index is 0.00609. The molecule has 0 N–H and O–H groups in total. The van der Waals surface area contributed by atoms with E-state index < -0.39 is 0 Å². The number of carbonyl (C=O) groups excluding carboxylic acids is 1. The molecule has 0 radical (unpaired) electrons. The highest BCUT2D eigenvalue weighted by molar-refractivity contribution is 5.90. The number of cyclic esters (lactones) is 1. The average molecular weight is 396 g/mol. The quantitative estimate of drug-likeness (QED) is 0.738. The van der Waals surface area contributed by atoms with Crippen molar-refractivity contribution in [3.63, 3.8) is 0 Å². The lowest BCUT2D eigenvalue weighted by Gasteiger charge is -2.50. The second kappa shape index (κ2) is 5.72. The van der Waals surface area contributed by atoms with Gasteiger partial charge in [-0.2, -0.15) is 0 Å². The van der Waals surface area contributed by atoms with Gasteiger partial charge in [-0.25, -0.2) is 0 Å². The topological polar surface area (TPSA) is 72.5 Å². The molecule has 2 aromatic carbocycles. The number of hydrogen-bond donors (Lipinski definition) is 0. The summed E-state index contributed by atoms with van der Waals surface area (Å²) in [7, 11) is 4.81. The molecule has 2 fully saturated rings.